The number of morpholine rings is 1. The molecule has 25 heavy (non-hydrogen) atoms. The van der Waals surface area contributed by atoms with E-state index in [2.05, 4.69) is 5.10 Å². The first-order valence-corrected chi connectivity index (χ1v) is 8.75. The van der Waals surface area contributed by atoms with Crippen LogP contribution < -0.4 is 0 Å². The molecule has 1 aliphatic heterocycles. The van der Waals surface area contributed by atoms with Crippen molar-refractivity contribution in [3.63, 3.8) is 0 Å². The van der Waals surface area contributed by atoms with Crippen molar-refractivity contribution < 1.29 is 14.6 Å². The number of hydrogen-bond acceptors (Lipinski definition) is 4. The fourth-order valence-corrected chi connectivity index (χ4v) is 3.27. The van der Waals surface area contributed by atoms with Crippen LogP contribution in [0, 0.1) is 0 Å². The van der Waals surface area contributed by atoms with Gasteiger partial charge in [-0.1, -0.05) is 30.3 Å². The number of aliphatic hydroxyl groups is 1. The largest absolute Gasteiger partial charge is 0.393 e. The van der Waals surface area contributed by atoms with Gasteiger partial charge in [-0.15, -0.1) is 0 Å². The Kier molecular flexibility index (Phi) is 5.83. The lowest BCUT2D eigenvalue weighted by Crippen LogP contribution is -2.56. The molecule has 1 N–H and O–H groups in total. The maximum Gasteiger partial charge on any atom is 0.222 e. The molecule has 0 unspecified atom stereocenters. The van der Waals surface area contributed by atoms with Gasteiger partial charge in [0.05, 0.1) is 19.8 Å². The maximum atomic E-state index is 12.5. The highest BCUT2D eigenvalue weighted by Gasteiger charge is 2.37. The minimum absolute atomic E-state index is 0.0983. The monoisotopic (exact) mass is 343 g/mol. The molecule has 1 fully saturated rings. The molecule has 2 aromatic rings. The number of aromatic nitrogens is 2. The van der Waals surface area contributed by atoms with Gasteiger partial charge in [-0.25, -0.2) is 0 Å². The van der Waals surface area contributed by atoms with Gasteiger partial charge < -0.3 is 14.7 Å². The van der Waals surface area contributed by atoms with Crippen molar-refractivity contribution in [2.45, 2.75) is 31.4 Å². The Balaban J connectivity index is 1.55. The van der Waals surface area contributed by atoms with E-state index >= 15 is 0 Å². The van der Waals surface area contributed by atoms with Gasteiger partial charge in [-0.3, -0.25) is 9.48 Å². The zero-order chi connectivity index (χ0) is 17.5. The highest BCUT2D eigenvalue weighted by molar-refractivity contribution is 5.76. The molecule has 0 spiro atoms. The number of benzene rings is 1. The molecule has 6 heteroatoms. The number of aryl methyl sites for hydroxylation is 1. The number of nitrogens with zero attached hydrogens (tertiary/aromatic N) is 3. The molecule has 6 nitrogen and oxygen atoms in total. The van der Waals surface area contributed by atoms with Gasteiger partial charge in [0.25, 0.3) is 0 Å². The highest BCUT2D eigenvalue weighted by atomic mass is 16.5. The molecule has 1 amide bonds. The van der Waals surface area contributed by atoms with Crippen molar-refractivity contribution in [2.75, 3.05) is 26.3 Å². The van der Waals surface area contributed by atoms with E-state index in [4.69, 9.17) is 4.74 Å². The average Bonchev–Trinajstić information content (AvgIpc) is 3.16. The van der Waals surface area contributed by atoms with Crippen LogP contribution in [-0.4, -0.2) is 57.6 Å². The van der Waals surface area contributed by atoms with Crippen LogP contribution in [0.5, 0.6) is 0 Å². The third-order valence-corrected chi connectivity index (χ3v) is 4.60. The van der Waals surface area contributed by atoms with Crippen LogP contribution in [-0.2, 0) is 22.5 Å². The minimum Gasteiger partial charge on any atom is -0.393 e. The van der Waals surface area contributed by atoms with Crippen molar-refractivity contribution in [2.24, 2.45) is 0 Å². The normalized spacial score (nSPS) is 20.6. The summed E-state index contributed by atoms with van der Waals surface area (Å²) in [6.07, 6.45) is 5.47. The lowest BCUT2D eigenvalue weighted by molar-refractivity contribution is -0.158. The van der Waals surface area contributed by atoms with Gasteiger partial charge in [0.2, 0.25) is 5.91 Å². The van der Waals surface area contributed by atoms with Gasteiger partial charge in [-0.2, -0.15) is 5.10 Å². The van der Waals surface area contributed by atoms with E-state index in [1.54, 1.807) is 6.20 Å². The molecular formula is C19H25N3O3. The molecule has 3 rings (SSSR count). The molecule has 134 valence electrons. The summed E-state index contributed by atoms with van der Waals surface area (Å²) in [5, 5.41) is 14.1. The van der Waals surface area contributed by atoms with Crippen molar-refractivity contribution in [1.29, 1.82) is 0 Å². The summed E-state index contributed by atoms with van der Waals surface area (Å²) in [6.45, 7) is 2.10. The second kappa shape index (κ2) is 8.27. The quantitative estimate of drug-likeness (QED) is 0.827. The Labute approximate surface area is 148 Å². The third-order valence-electron chi connectivity index (χ3n) is 4.60. The Morgan fingerprint density at radius 1 is 1.28 bits per heavy atom. The molecule has 1 atom stereocenters. The summed E-state index contributed by atoms with van der Waals surface area (Å²) in [4.78, 5) is 14.4. The van der Waals surface area contributed by atoms with Crippen LogP contribution in [0.2, 0.25) is 0 Å². The van der Waals surface area contributed by atoms with Crippen molar-refractivity contribution >= 4 is 5.91 Å². The molecule has 1 aromatic carbocycles. The second-order valence-corrected chi connectivity index (χ2v) is 6.54. The smallest absolute Gasteiger partial charge is 0.222 e. The molecule has 0 radical (unpaired) electrons. The molecule has 1 aromatic heterocycles. The first-order chi connectivity index (χ1) is 12.2. The number of aliphatic hydroxyl groups excluding tert-OH is 1. The van der Waals surface area contributed by atoms with Gasteiger partial charge in [0.15, 0.2) is 0 Å². The molecule has 0 aliphatic carbocycles. The van der Waals surface area contributed by atoms with Crippen LogP contribution in [0.1, 0.15) is 18.4 Å². The molecule has 1 aliphatic rings. The first-order valence-electron chi connectivity index (χ1n) is 8.75. The lowest BCUT2D eigenvalue weighted by Gasteiger charge is -2.42. The fraction of sp³-hybridized carbons (Fsp3) is 0.474. The number of carbonyl (C=O) groups excluding carboxylic acids is 1. The number of hydrogen-bond donors (Lipinski definition) is 1. The van der Waals surface area contributed by atoms with Gasteiger partial charge in [-0.05, 0) is 18.1 Å². The second-order valence-electron chi connectivity index (χ2n) is 6.54. The topological polar surface area (TPSA) is 67.6 Å². The molecular weight excluding hydrogens is 318 g/mol. The van der Waals surface area contributed by atoms with E-state index in [0.29, 0.717) is 32.5 Å². The van der Waals surface area contributed by atoms with Crippen LogP contribution in [0.3, 0.4) is 0 Å². The fourth-order valence-electron chi connectivity index (χ4n) is 3.27. The number of amides is 1. The zero-order valence-corrected chi connectivity index (χ0v) is 14.4. The molecule has 0 bridgehead atoms. The summed E-state index contributed by atoms with van der Waals surface area (Å²) in [6, 6.07) is 11.8. The Bertz CT molecular complexity index is 660. The van der Waals surface area contributed by atoms with Crippen LogP contribution in [0.15, 0.2) is 48.8 Å². The number of rotatable bonds is 7. The lowest BCUT2D eigenvalue weighted by atomic mass is 9.93. The maximum absolute atomic E-state index is 12.5. The molecule has 0 saturated carbocycles. The van der Waals surface area contributed by atoms with E-state index in [1.165, 1.54) is 0 Å². The molecule has 2 heterocycles. The van der Waals surface area contributed by atoms with E-state index in [-0.39, 0.29) is 12.5 Å². The highest BCUT2D eigenvalue weighted by Crippen LogP contribution is 2.23. The van der Waals surface area contributed by atoms with E-state index in [0.717, 1.165) is 18.5 Å². The summed E-state index contributed by atoms with van der Waals surface area (Å²) in [5.41, 5.74) is 0.390. The zero-order valence-electron chi connectivity index (χ0n) is 14.4. The number of ether oxygens (including phenoxy) is 1. The third kappa shape index (κ3) is 4.67. The van der Waals surface area contributed by atoms with Crippen LogP contribution in [0.4, 0.5) is 0 Å². The van der Waals surface area contributed by atoms with Crippen molar-refractivity contribution in [1.82, 2.24) is 14.7 Å². The van der Waals surface area contributed by atoms with Gasteiger partial charge in [0.1, 0.15) is 5.60 Å². The van der Waals surface area contributed by atoms with Crippen LogP contribution in [0.25, 0.3) is 0 Å². The molecule has 1 saturated heterocycles. The van der Waals surface area contributed by atoms with Crippen LogP contribution >= 0.6 is 0 Å². The average molecular weight is 343 g/mol. The predicted molar refractivity (Wildman–Crippen MR) is 94.0 cm³/mol. The Hall–Kier alpha value is -2.18. The minimum atomic E-state index is -0.711. The predicted octanol–water partition coefficient (Wildman–Crippen LogP) is 1.50. The SMILES string of the molecule is O=C(CCCn1cccn1)N1CCO[C@@](CO)(Cc2ccccc2)C1. The Morgan fingerprint density at radius 2 is 2.12 bits per heavy atom. The van der Waals surface area contributed by atoms with Crippen molar-refractivity contribution in [3.05, 3.63) is 54.4 Å². The number of carbonyl (C=O) groups is 1. The van der Waals surface area contributed by atoms with E-state index < -0.39 is 5.60 Å². The summed E-state index contributed by atoms with van der Waals surface area (Å²) in [5.74, 6) is 0.112. The van der Waals surface area contributed by atoms with E-state index in [1.807, 2.05) is 52.2 Å². The van der Waals surface area contributed by atoms with Crippen molar-refractivity contribution in [3.8, 4) is 0 Å². The van der Waals surface area contributed by atoms with E-state index in [9.17, 15) is 9.90 Å². The Morgan fingerprint density at radius 3 is 2.84 bits per heavy atom. The summed E-state index contributed by atoms with van der Waals surface area (Å²) >= 11 is 0. The summed E-state index contributed by atoms with van der Waals surface area (Å²) in [7, 11) is 0. The standard InChI is InChI=1S/C19H25N3O3/c23-16-19(14-17-6-2-1-3-7-17)15-21(12-13-25-19)18(24)8-4-10-22-11-5-9-20-22/h1-3,5-7,9,11,23H,4,8,10,12-16H2/t19-/m0/s1. The van der Waals surface area contributed by atoms with Gasteiger partial charge >= 0.3 is 0 Å². The first kappa shape index (κ1) is 17.6. The van der Waals surface area contributed by atoms with Gasteiger partial charge in [0, 0.05) is 38.3 Å². The summed E-state index contributed by atoms with van der Waals surface area (Å²) < 4.78 is 7.74.